The molecule has 4 nitrogen and oxygen atoms in total. The van der Waals surface area contributed by atoms with Crippen molar-refractivity contribution >= 4 is 0 Å². The van der Waals surface area contributed by atoms with Gasteiger partial charge in [0.2, 0.25) is 5.75 Å². The lowest BCUT2D eigenvalue weighted by atomic mass is 10.1. The molecule has 84 valence electrons. The molecule has 0 radical (unpaired) electrons. The predicted octanol–water partition coefficient (Wildman–Crippen LogP) is 1.39. The van der Waals surface area contributed by atoms with Crippen molar-refractivity contribution in [2.24, 2.45) is 5.73 Å². The van der Waals surface area contributed by atoms with Crippen LogP contribution in [0.1, 0.15) is 18.9 Å². The minimum absolute atomic E-state index is 0.0353. The predicted molar refractivity (Wildman–Crippen MR) is 58.3 cm³/mol. The lowest BCUT2D eigenvalue weighted by Gasteiger charge is -2.10. The van der Waals surface area contributed by atoms with Crippen molar-refractivity contribution in [3.8, 4) is 17.2 Å². The molecule has 0 fully saturated rings. The normalized spacial score (nSPS) is 10.3. The van der Waals surface area contributed by atoms with Gasteiger partial charge in [-0.3, -0.25) is 0 Å². The van der Waals surface area contributed by atoms with Gasteiger partial charge in [0.1, 0.15) is 0 Å². The molecule has 0 aromatic heterocycles. The number of nitrogens with two attached hydrogens (primary N) is 1. The van der Waals surface area contributed by atoms with Gasteiger partial charge in [0.05, 0.1) is 6.61 Å². The van der Waals surface area contributed by atoms with Crippen LogP contribution in [-0.2, 0) is 6.42 Å². The number of phenolic OH excluding ortho intramolecular Hbond substituents is 2. The summed E-state index contributed by atoms with van der Waals surface area (Å²) in [4.78, 5) is 0. The summed E-state index contributed by atoms with van der Waals surface area (Å²) in [6, 6.07) is 3.13. The van der Waals surface area contributed by atoms with E-state index in [4.69, 9.17) is 10.5 Å². The molecule has 1 aromatic carbocycles. The molecule has 0 amide bonds. The van der Waals surface area contributed by atoms with Gasteiger partial charge in [0.15, 0.2) is 11.5 Å². The van der Waals surface area contributed by atoms with Gasteiger partial charge in [-0.15, -0.1) is 0 Å². The molecule has 0 aliphatic carbocycles. The van der Waals surface area contributed by atoms with Crippen LogP contribution in [0.5, 0.6) is 17.2 Å². The van der Waals surface area contributed by atoms with Crippen LogP contribution in [0.25, 0.3) is 0 Å². The van der Waals surface area contributed by atoms with E-state index in [0.717, 1.165) is 12.0 Å². The molecule has 0 bridgehead atoms. The topological polar surface area (TPSA) is 75.7 Å². The van der Waals surface area contributed by atoms with Crippen molar-refractivity contribution in [1.82, 2.24) is 0 Å². The summed E-state index contributed by atoms with van der Waals surface area (Å²) in [5.74, 6) is 0.0800. The number of rotatable bonds is 5. The van der Waals surface area contributed by atoms with Crippen LogP contribution in [0.2, 0.25) is 0 Å². The van der Waals surface area contributed by atoms with Crippen molar-refractivity contribution in [2.75, 3.05) is 13.2 Å². The molecule has 0 atom stereocenters. The first-order valence-electron chi connectivity index (χ1n) is 5.06. The molecule has 15 heavy (non-hydrogen) atoms. The molecule has 0 heterocycles. The Morgan fingerprint density at radius 2 is 1.87 bits per heavy atom. The van der Waals surface area contributed by atoms with Crippen LogP contribution < -0.4 is 10.5 Å². The summed E-state index contributed by atoms with van der Waals surface area (Å²) in [6.07, 6.45) is 1.44. The van der Waals surface area contributed by atoms with E-state index in [2.05, 4.69) is 0 Å². The Labute approximate surface area is 89.3 Å². The van der Waals surface area contributed by atoms with Gasteiger partial charge < -0.3 is 20.7 Å². The highest BCUT2D eigenvalue weighted by atomic mass is 16.5. The first-order chi connectivity index (χ1) is 7.19. The van der Waals surface area contributed by atoms with Gasteiger partial charge >= 0.3 is 0 Å². The van der Waals surface area contributed by atoms with E-state index in [-0.39, 0.29) is 17.2 Å². The van der Waals surface area contributed by atoms with Gasteiger partial charge in [-0.25, -0.2) is 0 Å². The standard InChI is InChI=1S/C11H17NO3/c1-2-5-15-11-9(13)6-8(3-4-12)7-10(11)14/h6-7,13-14H,2-5,12H2,1H3. The average Bonchev–Trinajstić information content (AvgIpc) is 2.17. The smallest absolute Gasteiger partial charge is 0.203 e. The fourth-order valence-corrected chi connectivity index (χ4v) is 1.32. The van der Waals surface area contributed by atoms with E-state index in [1.54, 1.807) is 12.1 Å². The molecule has 4 N–H and O–H groups in total. The van der Waals surface area contributed by atoms with Gasteiger partial charge in [0.25, 0.3) is 0 Å². The van der Waals surface area contributed by atoms with Crippen molar-refractivity contribution in [3.63, 3.8) is 0 Å². The quantitative estimate of drug-likeness (QED) is 0.688. The molecule has 0 saturated heterocycles. The summed E-state index contributed by atoms with van der Waals surface area (Å²) in [5, 5.41) is 19.2. The first kappa shape index (κ1) is 11.7. The fraction of sp³-hybridized carbons (Fsp3) is 0.455. The number of hydrogen-bond donors (Lipinski definition) is 3. The molecule has 4 heteroatoms. The number of benzene rings is 1. The van der Waals surface area contributed by atoms with E-state index >= 15 is 0 Å². The third kappa shape index (κ3) is 3.02. The average molecular weight is 211 g/mol. The summed E-state index contributed by atoms with van der Waals surface area (Å²) >= 11 is 0. The zero-order valence-corrected chi connectivity index (χ0v) is 8.86. The fourth-order valence-electron chi connectivity index (χ4n) is 1.32. The molecule has 0 saturated carbocycles. The Kier molecular flexibility index (Phi) is 4.24. The number of phenols is 2. The third-order valence-electron chi connectivity index (χ3n) is 1.99. The van der Waals surface area contributed by atoms with Crippen LogP contribution >= 0.6 is 0 Å². The van der Waals surface area contributed by atoms with Crippen molar-refractivity contribution < 1.29 is 14.9 Å². The second-order valence-electron chi connectivity index (χ2n) is 3.35. The molecule has 0 spiro atoms. The second kappa shape index (κ2) is 5.46. The van der Waals surface area contributed by atoms with Gasteiger partial charge in [-0.1, -0.05) is 6.92 Å². The Balaban J connectivity index is 2.88. The molecule has 0 aliphatic rings. The maximum absolute atomic E-state index is 9.60. The largest absolute Gasteiger partial charge is 0.504 e. The minimum atomic E-state index is -0.0353. The van der Waals surface area contributed by atoms with Gasteiger partial charge in [-0.2, -0.15) is 0 Å². The zero-order chi connectivity index (χ0) is 11.3. The number of aromatic hydroxyl groups is 2. The van der Waals surface area contributed by atoms with Crippen LogP contribution in [0.15, 0.2) is 12.1 Å². The summed E-state index contributed by atoms with van der Waals surface area (Å²) in [6.45, 7) is 2.91. The van der Waals surface area contributed by atoms with E-state index in [9.17, 15) is 10.2 Å². The van der Waals surface area contributed by atoms with Gasteiger partial charge in [-0.05, 0) is 37.1 Å². The van der Waals surface area contributed by atoms with Crippen LogP contribution in [-0.4, -0.2) is 23.4 Å². The number of hydrogen-bond acceptors (Lipinski definition) is 4. The molecule has 0 unspecified atom stereocenters. The molecular weight excluding hydrogens is 194 g/mol. The van der Waals surface area contributed by atoms with Crippen molar-refractivity contribution in [2.45, 2.75) is 19.8 Å². The number of ether oxygens (including phenoxy) is 1. The Morgan fingerprint density at radius 3 is 2.33 bits per heavy atom. The Morgan fingerprint density at radius 1 is 1.27 bits per heavy atom. The van der Waals surface area contributed by atoms with E-state index in [1.165, 1.54) is 0 Å². The van der Waals surface area contributed by atoms with E-state index in [1.807, 2.05) is 6.92 Å². The first-order valence-corrected chi connectivity index (χ1v) is 5.06. The lowest BCUT2D eigenvalue weighted by molar-refractivity contribution is 0.282. The summed E-state index contributed by atoms with van der Waals surface area (Å²) < 4.78 is 5.22. The summed E-state index contributed by atoms with van der Waals surface area (Å²) in [7, 11) is 0. The Hall–Kier alpha value is -1.42. The lowest BCUT2D eigenvalue weighted by Crippen LogP contribution is -2.03. The Bertz CT molecular complexity index is 303. The highest BCUT2D eigenvalue weighted by Gasteiger charge is 2.10. The van der Waals surface area contributed by atoms with Crippen molar-refractivity contribution in [3.05, 3.63) is 17.7 Å². The second-order valence-corrected chi connectivity index (χ2v) is 3.35. The molecule has 1 rings (SSSR count). The van der Waals surface area contributed by atoms with Crippen LogP contribution in [0, 0.1) is 0 Å². The maximum Gasteiger partial charge on any atom is 0.203 e. The molecular formula is C11H17NO3. The highest BCUT2D eigenvalue weighted by Crippen LogP contribution is 2.37. The molecule has 1 aromatic rings. The van der Waals surface area contributed by atoms with Crippen LogP contribution in [0.3, 0.4) is 0 Å². The summed E-state index contributed by atoms with van der Waals surface area (Å²) in [5.41, 5.74) is 6.19. The van der Waals surface area contributed by atoms with Crippen LogP contribution in [0.4, 0.5) is 0 Å². The van der Waals surface area contributed by atoms with E-state index in [0.29, 0.717) is 19.6 Å². The van der Waals surface area contributed by atoms with E-state index < -0.39 is 0 Å². The monoisotopic (exact) mass is 211 g/mol. The highest BCUT2D eigenvalue weighted by molar-refractivity contribution is 5.52. The third-order valence-corrected chi connectivity index (χ3v) is 1.99. The maximum atomic E-state index is 9.60. The molecule has 0 aliphatic heterocycles. The van der Waals surface area contributed by atoms with Gasteiger partial charge in [0, 0.05) is 0 Å². The SMILES string of the molecule is CCCOc1c(O)cc(CCN)cc1O. The van der Waals surface area contributed by atoms with Crippen molar-refractivity contribution in [1.29, 1.82) is 0 Å². The zero-order valence-electron chi connectivity index (χ0n) is 8.86. The minimum Gasteiger partial charge on any atom is -0.504 e.